The number of hydrogen-bond donors (Lipinski definition) is 0. The van der Waals surface area contributed by atoms with Crippen LogP contribution in [0.15, 0.2) is 36.8 Å². The van der Waals surface area contributed by atoms with Crippen molar-refractivity contribution in [1.29, 1.82) is 0 Å². The molecule has 0 saturated carbocycles. The van der Waals surface area contributed by atoms with Gasteiger partial charge in [-0.3, -0.25) is 9.59 Å². The summed E-state index contributed by atoms with van der Waals surface area (Å²) in [4.78, 5) is 31.9. The lowest BCUT2D eigenvalue weighted by atomic mass is 9.89. The van der Waals surface area contributed by atoms with Gasteiger partial charge in [-0.25, -0.2) is 4.98 Å². The third-order valence-corrected chi connectivity index (χ3v) is 5.50. The van der Waals surface area contributed by atoms with Crippen LogP contribution in [0.3, 0.4) is 0 Å². The summed E-state index contributed by atoms with van der Waals surface area (Å²) in [5.74, 6) is 0.806. The SMILES string of the molecule is CN(C)C(=O)CCc1ccc(CC2CCN(C(=O)c3cn(C)cn3)CC2)cc1. The molecule has 28 heavy (non-hydrogen) atoms. The second kappa shape index (κ2) is 9.04. The van der Waals surface area contributed by atoms with Crippen molar-refractivity contribution in [3.63, 3.8) is 0 Å². The van der Waals surface area contributed by atoms with Gasteiger partial charge in [0, 0.05) is 46.9 Å². The number of aryl methyl sites for hydroxylation is 2. The molecule has 0 atom stereocenters. The summed E-state index contributed by atoms with van der Waals surface area (Å²) >= 11 is 0. The molecule has 0 radical (unpaired) electrons. The van der Waals surface area contributed by atoms with Crippen molar-refractivity contribution in [2.45, 2.75) is 32.1 Å². The number of rotatable bonds is 6. The van der Waals surface area contributed by atoms with Gasteiger partial charge < -0.3 is 14.4 Å². The van der Waals surface area contributed by atoms with Crippen molar-refractivity contribution >= 4 is 11.8 Å². The second-order valence-electron chi connectivity index (χ2n) is 7.97. The van der Waals surface area contributed by atoms with E-state index in [0.717, 1.165) is 38.8 Å². The summed E-state index contributed by atoms with van der Waals surface area (Å²) < 4.78 is 1.81. The van der Waals surface area contributed by atoms with E-state index in [1.165, 1.54) is 11.1 Å². The second-order valence-corrected chi connectivity index (χ2v) is 7.97. The van der Waals surface area contributed by atoms with Crippen LogP contribution in [0.4, 0.5) is 0 Å². The first-order valence-corrected chi connectivity index (χ1v) is 9.97. The Kier molecular flexibility index (Phi) is 6.49. The van der Waals surface area contributed by atoms with Crippen LogP contribution in [0, 0.1) is 5.92 Å². The number of hydrogen-bond acceptors (Lipinski definition) is 3. The molecule has 2 amide bonds. The van der Waals surface area contributed by atoms with Crippen LogP contribution in [0.25, 0.3) is 0 Å². The highest BCUT2D eigenvalue weighted by Crippen LogP contribution is 2.23. The quantitative estimate of drug-likeness (QED) is 0.771. The molecule has 2 aromatic rings. The van der Waals surface area contributed by atoms with Crippen molar-refractivity contribution < 1.29 is 9.59 Å². The summed E-state index contributed by atoms with van der Waals surface area (Å²) in [6, 6.07) is 8.64. The Hall–Kier alpha value is -2.63. The van der Waals surface area contributed by atoms with Gasteiger partial charge in [0.25, 0.3) is 5.91 Å². The molecule has 6 nitrogen and oxygen atoms in total. The minimum absolute atomic E-state index is 0.0377. The molecule has 0 spiro atoms. The number of imidazole rings is 1. The smallest absolute Gasteiger partial charge is 0.274 e. The minimum atomic E-state index is 0.0377. The molecule has 0 unspecified atom stereocenters. The van der Waals surface area contributed by atoms with E-state index in [1.807, 2.05) is 11.9 Å². The molecule has 150 valence electrons. The van der Waals surface area contributed by atoms with Gasteiger partial charge in [0.1, 0.15) is 5.69 Å². The molecular formula is C22H30N4O2. The van der Waals surface area contributed by atoms with E-state index in [0.29, 0.717) is 18.0 Å². The van der Waals surface area contributed by atoms with E-state index < -0.39 is 0 Å². The monoisotopic (exact) mass is 382 g/mol. The Morgan fingerprint density at radius 3 is 2.32 bits per heavy atom. The maximum Gasteiger partial charge on any atom is 0.274 e. The highest BCUT2D eigenvalue weighted by Gasteiger charge is 2.24. The molecule has 1 fully saturated rings. The van der Waals surface area contributed by atoms with Crippen molar-refractivity contribution in [2.24, 2.45) is 13.0 Å². The number of carbonyl (C=O) groups excluding carboxylic acids is 2. The summed E-state index contributed by atoms with van der Waals surface area (Å²) in [6.07, 6.45) is 7.88. The summed E-state index contributed by atoms with van der Waals surface area (Å²) in [5.41, 5.74) is 3.07. The molecule has 0 bridgehead atoms. The average Bonchev–Trinajstić information content (AvgIpc) is 3.13. The first-order chi connectivity index (χ1) is 13.4. The fraction of sp³-hybridized carbons (Fsp3) is 0.500. The molecule has 1 aromatic carbocycles. The van der Waals surface area contributed by atoms with Crippen LogP contribution in [0.2, 0.25) is 0 Å². The van der Waals surface area contributed by atoms with E-state index in [1.54, 1.807) is 36.1 Å². The van der Waals surface area contributed by atoms with E-state index in [4.69, 9.17) is 0 Å². The topological polar surface area (TPSA) is 58.4 Å². The van der Waals surface area contributed by atoms with Gasteiger partial charge in [-0.05, 0) is 42.7 Å². The Balaban J connectivity index is 1.45. The van der Waals surface area contributed by atoms with Gasteiger partial charge in [-0.1, -0.05) is 24.3 Å². The van der Waals surface area contributed by atoms with Gasteiger partial charge >= 0.3 is 0 Å². The zero-order valence-electron chi connectivity index (χ0n) is 17.1. The van der Waals surface area contributed by atoms with Crippen molar-refractivity contribution in [3.8, 4) is 0 Å². The molecule has 1 saturated heterocycles. The van der Waals surface area contributed by atoms with Crippen LogP contribution in [-0.4, -0.2) is 58.4 Å². The van der Waals surface area contributed by atoms with Crippen LogP contribution in [-0.2, 0) is 24.7 Å². The van der Waals surface area contributed by atoms with Gasteiger partial charge in [-0.15, -0.1) is 0 Å². The highest BCUT2D eigenvalue weighted by atomic mass is 16.2. The lowest BCUT2D eigenvalue weighted by molar-refractivity contribution is -0.128. The van der Waals surface area contributed by atoms with Gasteiger partial charge in [0.05, 0.1) is 6.33 Å². The predicted molar refractivity (Wildman–Crippen MR) is 109 cm³/mol. The maximum atomic E-state index is 12.5. The molecule has 6 heteroatoms. The third kappa shape index (κ3) is 5.21. The van der Waals surface area contributed by atoms with E-state index in [2.05, 4.69) is 29.2 Å². The van der Waals surface area contributed by atoms with Crippen molar-refractivity contribution in [1.82, 2.24) is 19.4 Å². The van der Waals surface area contributed by atoms with Gasteiger partial charge in [0.15, 0.2) is 0 Å². The number of nitrogens with zero attached hydrogens (tertiary/aromatic N) is 4. The van der Waals surface area contributed by atoms with Crippen LogP contribution >= 0.6 is 0 Å². The van der Waals surface area contributed by atoms with E-state index in [-0.39, 0.29) is 11.8 Å². The largest absolute Gasteiger partial charge is 0.349 e. The fourth-order valence-electron chi connectivity index (χ4n) is 3.68. The lowest BCUT2D eigenvalue weighted by Crippen LogP contribution is -2.39. The Morgan fingerprint density at radius 2 is 1.75 bits per heavy atom. The predicted octanol–water partition coefficient (Wildman–Crippen LogP) is 2.54. The lowest BCUT2D eigenvalue weighted by Gasteiger charge is -2.31. The highest BCUT2D eigenvalue weighted by molar-refractivity contribution is 5.92. The molecule has 0 aliphatic carbocycles. The van der Waals surface area contributed by atoms with Crippen molar-refractivity contribution in [3.05, 3.63) is 53.6 Å². The number of piperidine rings is 1. The zero-order valence-corrected chi connectivity index (χ0v) is 17.1. The number of carbonyl (C=O) groups is 2. The Labute approximate surface area is 167 Å². The fourth-order valence-corrected chi connectivity index (χ4v) is 3.68. The molecular weight excluding hydrogens is 352 g/mol. The molecule has 2 heterocycles. The number of amides is 2. The average molecular weight is 383 g/mol. The summed E-state index contributed by atoms with van der Waals surface area (Å²) in [5, 5.41) is 0. The maximum absolute atomic E-state index is 12.5. The van der Waals surface area contributed by atoms with Gasteiger partial charge in [-0.2, -0.15) is 0 Å². The third-order valence-electron chi connectivity index (χ3n) is 5.50. The van der Waals surface area contributed by atoms with Gasteiger partial charge in [0.2, 0.25) is 5.91 Å². The number of likely N-dealkylation sites (tertiary alicyclic amines) is 1. The number of aromatic nitrogens is 2. The van der Waals surface area contributed by atoms with E-state index >= 15 is 0 Å². The molecule has 3 rings (SSSR count). The van der Waals surface area contributed by atoms with E-state index in [9.17, 15) is 9.59 Å². The molecule has 1 aliphatic heterocycles. The van der Waals surface area contributed by atoms with Crippen LogP contribution in [0.1, 0.15) is 40.9 Å². The molecule has 1 aromatic heterocycles. The normalized spacial score (nSPS) is 14.9. The number of benzene rings is 1. The van der Waals surface area contributed by atoms with Crippen LogP contribution < -0.4 is 0 Å². The summed E-state index contributed by atoms with van der Waals surface area (Å²) in [7, 11) is 5.46. The first kappa shape index (κ1) is 20.1. The minimum Gasteiger partial charge on any atom is -0.349 e. The Bertz CT molecular complexity index is 802. The Morgan fingerprint density at radius 1 is 1.11 bits per heavy atom. The first-order valence-electron chi connectivity index (χ1n) is 9.97. The molecule has 0 N–H and O–H groups in total. The summed E-state index contributed by atoms with van der Waals surface area (Å²) in [6.45, 7) is 1.59. The standard InChI is InChI=1S/C22H30N4O2/c1-24(2)21(27)9-8-17-4-6-18(7-5-17)14-19-10-12-26(13-11-19)22(28)20-15-25(3)16-23-20/h4-7,15-16,19H,8-14H2,1-3H3. The van der Waals surface area contributed by atoms with Crippen molar-refractivity contribution in [2.75, 3.05) is 27.2 Å². The molecule has 1 aliphatic rings. The van der Waals surface area contributed by atoms with Crippen LogP contribution in [0.5, 0.6) is 0 Å². The zero-order chi connectivity index (χ0) is 20.1.